The number of carbonyl (C=O) groups is 1. The van der Waals surface area contributed by atoms with Crippen LogP contribution in [0.15, 0.2) is 72.9 Å². The Morgan fingerprint density at radius 3 is 2.42 bits per heavy atom. The number of nitrogen functional groups attached to an aromatic ring is 1. The summed E-state index contributed by atoms with van der Waals surface area (Å²) in [5.74, 6) is -0.289. The van der Waals surface area contributed by atoms with E-state index in [1.165, 1.54) is 5.56 Å². The Bertz CT molecular complexity index is 816. The first-order valence-corrected chi connectivity index (χ1v) is 7.62. The molecule has 1 heterocycles. The van der Waals surface area contributed by atoms with Crippen molar-refractivity contribution in [2.75, 3.05) is 16.4 Å². The standard InChI is InChI=1S/C19H18N4O/c20-16-8-4-5-9-17(16)23-19(24)18-11-10-15(13-22-18)21-12-14-6-2-1-3-7-14/h1-11,13,21H,12,20H2,(H,23,24). The average Bonchev–Trinajstić information content (AvgIpc) is 2.63. The van der Waals surface area contributed by atoms with Crippen molar-refractivity contribution >= 4 is 23.0 Å². The number of aromatic nitrogens is 1. The fraction of sp³-hybridized carbons (Fsp3) is 0.0526. The van der Waals surface area contributed by atoms with Gasteiger partial charge in [-0.25, -0.2) is 4.98 Å². The van der Waals surface area contributed by atoms with E-state index >= 15 is 0 Å². The highest BCUT2D eigenvalue weighted by molar-refractivity contribution is 6.04. The molecule has 24 heavy (non-hydrogen) atoms. The fourth-order valence-corrected chi connectivity index (χ4v) is 2.23. The first-order valence-electron chi connectivity index (χ1n) is 7.62. The third kappa shape index (κ3) is 3.89. The van der Waals surface area contributed by atoms with Gasteiger partial charge < -0.3 is 16.4 Å². The van der Waals surface area contributed by atoms with E-state index in [1.807, 2.05) is 48.5 Å². The lowest BCUT2D eigenvalue weighted by Crippen LogP contribution is -2.14. The number of anilines is 3. The summed E-state index contributed by atoms with van der Waals surface area (Å²) in [6.45, 7) is 0.703. The van der Waals surface area contributed by atoms with Gasteiger partial charge in [0.2, 0.25) is 0 Å². The zero-order chi connectivity index (χ0) is 16.8. The molecule has 0 atom stereocenters. The zero-order valence-corrected chi connectivity index (χ0v) is 13.1. The molecule has 0 radical (unpaired) electrons. The van der Waals surface area contributed by atoms with Crippen LogP contribution < -0.4 is 16.4 Å². The molecule has 3 rings (SSSR count). The quantitative estimate of drug-likeness (QED) is 0.629. The van der Waals surface area contributed by atoms with Crippen molar-refractivity contribution in [3.05, 3.63) is 84.2 Å². The molecule has 0 spiro atoms. The number of rotatable bonds is 5. The van der Waals surface area contributed by atoms with E-state index in [-0.39, 0.29) is 5.91 Å². The summed E-state index contributed by atoms with van der Waals surface area (Å²) in [6, 6.07) is 20.7. The highest BCUT2D eigenvalue weighted by atomic mass is 16.1. The largest absolute Gasteiger partial charge is 0.397 e. The number of benzene rings is 2. The molecular weight excluding hydrogens is 300 g/mol. The Hall–Kier alpha value is -3.34. The first-order chi connectivity index (χ1) is 11.7. The Balaban J connectivity index is 1.61. The van der Waals surface area contributed by atoms with E-state index < -0.39 is 0 Å². The predicted molar refractivity (Wildman–Crippen MR) is 96.8 cm³/mol. The molecule has 2 aromatic carbocycles. The van der Waals surface area contributed by atoms with Gasteiger partial charge in [0.1, 0.15) is 5.69 Å². The van der Waals surface area contributed by atoms with Crippen LogP contribution in [0.1, 0.15) is 16.1 Å². The van der Waals surface area contributed by atoms with Crippen LogP contribution >= 0.6 is 0 Å². The number of hydrogen-bond donors (Lipinski definition) is 3. The molecule has 0 saturated carbocycles. The molecule has 0 bridgehead atoms. The second-order valence-corrected chi connectivity index (χ2v) is 5.31. The number of nitrogens with two attached hydrogens (primary N) is 1. The Kier molecular flexibility index (Phi) is 4.72. The van der Waals surface area contributed by atoms with E-state index in [0.717, 1.165) is 5.69 Å². The molecular formula is C19H18N4O. The Morgan fingerprint density at radius 1 is 0.958 bits per heavy atom. The second-order valence-electron chi connectivity index (χ2n) is 5.31. The first kappa shape index (κ1) is 15.6. The minimum Gasteiger partial charge on any atom is -0.397 e. The van der Waals surface area contributed by atoms with Crippen LogP contribution in [0.25, 0.3) is 0 Å². The summed E-state index contributed by atoms with van der Waals surface area (Å²) in [7, 11) is 0. The molecule has 5 nitrogen and oxygen atoms in total. The van der Waals surface area contributed by atoms with Crippen LogP contribution in [0.3, 0.4) is 0 Å². The molecule has 0 aliphatic rings. The number of para-hydroxylation sites is 2. The smallest absolute Gasteiger partial charge is 0.274 e. The molecule has 1 aromatic heterocycles. The van der Waals surface area contributed by atoms with Crippen molar-refractivity contribution in [2.45, 2.75) is 6.54 Å². The number of pyridine rings is 1. The zero-order valence-electron chi connectivity index (χ0n) is 13.1. The minimum absolute atomic E-state index is 0.289. The van der Waals surface area contributed by atoms with Crippen molar-refractivity contribution in [3.8, 4) is 0 Å². The van der Waals surface area contributed by atoms with E-state index in [4.69, 9.17) is 5.73 Å². The lowest BCUT2D eigenvalue weighted by Gasteiger charge is -2.09. The normalized spacial score (nSPS) is 10.2. The van der Waals surface area contributed by atoms with Crippen LogP contribution in [0, 0.1) is 0 Å². The van der Waals surface area contributed by atoms with Crippen molar-refractivity contribution in [1.82, 2.24) is 4.98 Å². The third-order valence-electron chi connectivity index (χ3n) is 3.54. The van der Waals surface area contributed by atoms with Crippen LogP contribution in [-0.4, -0.2) is 10.9 Å². The maximum absolute atomic E-state index is 12.2. The molecule has 0 aliphatic carbocycles. The summed E-state index contributed by atoms with van der Waals surface area (Å²) in [5, 5.41) is 6.03. The number of carbonyl (C=O) groups excluding carboxylic acids is 1. The highest BCUT2D eigenvalue weighted by Crippen LogP contribution is 2.18. The summed E-state index contributed by atoms with van der Waals surface area (Å²) in [5.41, 5.74) is 9.29. The number of nitrogens with zero attached hydrogens (tertiary/aromatic N) is 1. The summed E-state index contributed by atoms with van der Waals surface area (Å²) in [6.07, 6.45) is 1.65. The van der Waals surface area contributed by atoms with Gasteiger partial charge in [-0.3, -0.25) is 4.79 Å². The van der Waals surface area contributed by atoms with Gasteiger partial charge in [-0.05, 0) is 29.8 Å². The second kappa shape index (κ2) is 7.28. The van der Waals surface area contributed by atoms with Crippen molar-refractivity contribution in [2.24, 2.45) is 0 Å². The fourth-order valence-electron chi connectivity index (χ4n) is 2.23. The molecule has 4 N–H and O–H groups in total. The summed E-state index contributed by atoms with van der Waals surface area (Å²) >= 11 is 0. The van der Waals surface area contributed by atoms with E-state index in [9.17, 15) is 4.79 Å². The molecule has 5 heteroatoms. The number of amides is 1. The molecule has 0 saturated heterocycles. The molecule has 3 aromatic rings. The van der Waals surface area contributed by atoms with Crippen molar-refractivity contribution < 1.29 is 4.79 Å². The van der Waals surface area contributed by atoms with Gasteiger partial charge in [-0.15, -0.1) is 0 Å². The predicted octanol–water partition coefficient (Wildman–Crippen LogP) is 3.53. The summed E-state index contributed by atoms with van der Waals surface area (Å²) in [4.78, 5) is 16.4. The monoisotopic (exact) mass is 318 g/mol. The topological polar surface area (TPSA) is 80.0 Å². The SMILES string of the molecule is Nc1ccccc1NC(=O)c1ccc(NCc2ccccc2)cn1. The third-order valence-corrected chi connectivity index (χ3v) is 3.54. The lowest BCUT2D eigenvalue weighted by atomic mass is 10.2. The lowest BCUT2D eigenvalue weighted by molar-refractivity contribution is 0.102. The molecule has 0 aliphatic heterocycles. The molecule has 120 valence electrons. The molecule has 0 unspecified atom stereocenters. The van der Waals surface area contributed by atoms with E-state index in [1.54, 1.807) is 24.4 Å². The van der Waals surface area contributed by atoms with Gasteiger partial charge in [-0.2, -0.15) is 0 Å². The van der Waals surface area contributed by atoms with Gasteiger partial charge >= 0.3 is 0 Å². The van der Waals surface area contributed by atoms with Gasteiger partial charge in [0, 0.05) is 6.54 Å². The number of nitrogens with one attached hydrogen (secondary N) is 2. The van der Waals surface area contributed by atoms with Crippen LogP contribution in [0.2, 0.25) is 0 Å². The average molecular weight is 318 g/mol. The number of hydrogen-bond acceptors (Lipinski definition) is 4. The van der Waals surface area contributed by atoms with E-state index in [2.05, 4.69) is 15.6 Å². The maximum Gasteiger partial charge on any atom is 0.274 e. The minimum atomic E-state index is -0.289. The van der Waals surface area contributed by atoms with Crippen LogP contribution in [0.5, 0.6) is 0 Å². The van der Waals surface area contributed by atoms with E-state index in [0.29, 0.717) is 23.6 Å². The highest BCUT2D eigenvalue weighted by Gasteiger charge is 2.09. The van der Waals surface area contributed by atoms with Gasteiger partial charge in [0.25, 0.3) is 5.91 Å². The van der Waals surface area contributed by atoms with Crippen molar-refractivity contribution in [1.29, 1.82) is 0 Å². The van der Waals surface area contributed by atoms with Gasteiger partial charge in [0.15, 0.2) is 0 Å². The van der Waals surface area contributed by atoms with Crippen LogP contribution in [0.4, 0.5) is 17.1 Å². The Morgan fingerprint density at radius 2 is 1.71 bits per heavy atom. The molecule has 0 fully saturated rings. The Labute approximate surface area is 140 Å². The summed E-state index contributed by atoms with van der Waals surface area (Å²) < 4.78 is 0. The van der Waals surface area contributed by atoms with Crippen LogP contribution in [-0.2, 0) is 6.54 Å². The van der Waals surface area contributed by atoms with Gasteiger partial charge in [0.05, 0.1) is 23.3 Å². The van der Waals surface area contributed by atoms with Crippen molar-refractivity contribution in [3.63, 3.8) is 0 Å². The molecule has 1 amide bonds. The maximum atomic E-state index is 12.2. The van der Waals surface area contributed by atoms with Gasteiger partial charge in [-0.1, -0.05) is 42.5 Å².